The zero-order chi connectivity index (χ0) is 10.9. The number of nitrogens with zero attached hydrogens (tertiary/aromatic N) is 1. The number of methoxy groups -OCH3 is 1. The lowest BCUT2D eigenvalue weighted by Crippen LogP contribution is -2.49. The molecule has 1 aliphatic rings. The highest BCUT2D eigenvalue weighted by Crippen LogP contribution is 2.32. The van der Waals surface area contributed by atoms with Crippen LogP contribution >= 0.6 is 0 Å². The second-order valence-electron chi connectivity index (χ2n) is 3.31. The van der Waals surface area contributed by atoms with Crippen LogP contribution in [0.25, 0.3) is 0 Å². The SMILES string of the molecule is COC1(c2ccccc2)C=CC(=O)N1N. The summed E-state index contributed by atoms with van der Waals surface area (Å²) >= 11 is 0. The molecule has 1 unspecified atom stereocenters. The number of ether oxygens (including phenoxy) is 1. The molecular formula is C11H12N2O2. The van der Waals surface area contributed by atoms with Gasteiger partial charge in [0.25, 0.3) is 5.91 Å². The lowest BCUT2D eigenvalue weighted by atomic mass is 10.0. The van der Waals surface area contributed by atoms with Gasteiger partial charge >= 0.3 is 0 Å². The average molecular weight is 204 g/mol. The molecular weight excluding hydrogens is 192 g/mol. The lowest BCUT2D eigenvalue weighted by Gasteiger charge is -2.33. The van der Waals surface area contributed by atoms with Crippen LogP contribution in [0.15, 0.2) is 42.5 Å². The molecule has 2 N–H and O–H groups in total. The van der Waals surface area contributed by atoms with Crippen LogP contribution in [-0.4, -0.2) is 18.0 Å². The van der Waals surface area contributed by atoms with Crippen molar-refractivity contribution in [2.24, 2.45) is 5.84 Å². The van der Waals surface area contributed by atoms with E-state index in [1.807, 2.05) is 30.3 Å². The van der Waals surface area contributed by atoms with E-state index in [-0.39, 0.29) is 5.91 Å². The smallest absolute Gasteiger partial charge is 0.263 e. The highest BCUT2D eigenvalue weighted by molar-refractivity contribution is 5.90. The fourth-order valence-corrected chi connectivity index (χ4v) is 1.71. The summed E-state index contributed by atoms with van der Waals surface area (Å²) in [5.41, 5.74) is -0.129. The molecule has 15 heavy (non-hydrogen) atoms. The Kier molecular flexibility index (Phi) is 2.30. The van der Waals surface area contributed by atoms with Crippen molar-refractivity contribution in [2.45, 2.75) is 5.72 Å². The highest BCUT2D eigenvalue weighted by Gasteiger charge is 2.41. The second kappa shape index (κ2) is 3.49. The van der Waals surface area contributed by atoms with E-state index in [0.717, 1.165) is 10.6 Å². The summed E-state index contributed by atoms with van der Waals surface area (Å²) in [5, 5.41) is 1.09. The van der Waals surface area contributed by atoms with Crippen molar-refractivity contribution in [1.29, 1.82) is 0 Å². The van der Waals surface area contributed by atoms with Gasteiger partial charge in [0.05, 0.1) is 0 Å². The first-order chi connectivity index (χ1) is 7.20. The van der Waals surface area contributed by atoms with Crippen molar-refractivity contribution < 1.29 is 9.53 Å². The summed E-state index contributed by atoms with van der Waals surface area (Å²) in [4.78, 5) is 11.4. The quantitative estimate of drug-likeness (QED) is 0.571. The van der Waals surface area contributed by atoms with Crippen LogP contribution < -0.4 is 5.84 Å². The van der Waals surface area contributed by atoms with Crippen molar-refractivity contribution in [3.05, 3.63) is 48.0 Å². The first kappa shape index (κ1) is 9.89. The number of nitrogens with two attached hydrogens (primary N) is 1. The number of carbonyl (C=O) groups excluding carboxylic acids is 1. The van der Waals surface area contributed by atoms with Gasteiger partial charge in [0.15, 0.2) is 0 Å². The summed E-state index contributed by atoms with van der Waals surface area (Å²) in [5.74, 6) is 5.43. The van der Waals surface area contributed by atoms with E-state index in [2.05, 4.69) is 0 Å². The topological polar surface area (TPSA) is 55.6 Å². The maximum Gasteiger partial charge on any atom is 0.263 e. The van der Waals surface area contributed by atoms with Gasteiger partial charge in [-0.05, 0) is 6.08 Å². The van der Waals surface area contributed by atoms with Crippen molar-refractivity contribution in [3.8, 4) is 0 Å². The van der Waals surface area contributed by atoms with Gasteiger partial charge in [-0.25, -0.2) is 10.9 Å². The molecule has 0 aliphatic carbocycles. The van der Waals surface area contributed by atoms with Crippen molar-refractivity contribution in [2.75, 3.05) is 7.11 Å². The highest BCUT2D eigenvalue weighted by atomic mass is 16.5. The predicted octanol–water partition coefficient (Wildman–Crippen LogP) is 0.758. The van der Waals surface area contributed by atoms with Gasteiger partial charge in [0, 0.05) is 18.7 Å². The molecule has 0 saturated heterocycles. The molecule has 1 atom stereocenters. The number of rotatable bonds is 2. The summed E-state index contributed by atoms with van der Waals surface area (Å²) in [7, 11) is 1.52. The number of carbonyl (C=O) groups is 1. The summed E-state index contributed by atoms with van der Waals surface area (Å²) in [6.07, 6.45) is 3.07. The van der Waals surface area contributed by atoms with E-state index >= 15 is 0 Å². The Labute approximate surface area is 87.9 Å². The van der Waals surface area contributed by atoms with Crippen molar-refractivity contribution in [3.63, 3.8) is 0 Å². The van der Waals surface area contributed by atoms with Crippen LogP contribution in [-0.2, 0) is 15.3 Å². The summed E-state index contributed by atoms with van der Waals surface area (Å²) < 4.78 is 5.36. The molecule has 0 aromatic heterocycles. The van der Waals surface area contributed by atoms with Gasteiger partial charge < -0.3 is 4.74 Å². The predicted molar refractivity (Wildman–Crippen MR) is 55.3 cm³/mol. The summed E-state index contributed by atoms with van der Waals surface area (Å²) in [6, 6.07) is 9.38. The minimum Gasteiger partial charge on any atom is -0.350 e. The Morgan fingerprint density at radius 3 is 2.47 bits per heavy atom. The number of hydrazine groups is 1. The molecule has 2 rings (SSSR count). The Morgan fingerprint density at radius 1 is 1.33 bits per heavy atom. The molecule has 78 valence electrons. The Morgan fingerprint density at radius 2 is 2.00 bits per heavy atom. The lowest BCUT2D eigenvalue weighted by molar-refractivity contribution is -0.149. The fourth-order valence-electron chi connectivity index (χ4n) is 1.71. The van der Waals surface area contributed by atoms with Crippen LogP contribution in [0.4, 0.5) is 0 Å². The number of benzene rings is 1. The maximum atomic E-state index is 11.4. The van der Waals surface area contributed by atoms with E-state index in [9.17, 15) is 4.79 Å². The molecule has 1 amide bonds. The van der Waals surface area contributed by atoms with Crippen LogP contribution in [0.1, 0.15) is 5.56 Å². The van der Waals surface area contributed by atoms with Gasteiger partial charge in [0.1, 0.15) is 0 Å². The molecule has 0 radical (unpaired) electrons. The molecule has 4 heteroatoms. The molecule has 1 aliphatic heterocycles. The van der Waals surface area contributed by atoms with E-state index in [1.54, 1.807) is 6.08 Å². The normalized spacial score (nSPS) is 24.9. The van der Waals surface area contributed by atoms with Crippen LogP contribution in [0.3, 0.4) is 0 Å². The van der Waals surface area contributed by atoms with Gasteiger partial charge in [-0.15, -0.1) is 0 Å². The zero-order valence-electron chi connectivity index (χ0n) is 8.38. The Hall–Kier alpha value is -1.65. The number of amides is 1. The minimum absolute atomic E-state index is 0.263. The van der Waals surface area contributed by atoms with Crippen molar-refractivity contribution in [1.82, 2.24) is 5.01 Å². The van der Waals surface area contributed by atoms with Crippen LogP contribution in [0.2, 0.25) is 0 Å². The van der Waals surface area contributed by atoms with E-state index < -0.39 is 5.72 Å². The third-order valence-corrected chi connectivity index (χ3v) is 2.55. The Bertz CT molecular complexity index is 402. The fraction of sp³-hybridized carbons (Fsp3) is 0.182. The van der Waals surface area contributed by atoms with Gasteiger partial charge in [0.2, 0.25) is 5.72 Å². The van der Waals surface area contributed by atoms with Crippen molar-refractivity contribution >= 4 is 5.91 Å². The van der Waals surface area contributed by atoms with Gasteiger partial charge in [-0.2, -0.15) is 0 Å². The molecule has 4 nitrogen and oxygen atoms in total. The zero-order valence-corrected chi connectivity index (χ0v) is 8.38. The first-order valence-electron chi connectivity index (χ1n) is 4.59. The molecule has 0 fully saturated rings. The van der Waals surface area contributed by atoms with E-state index in [4.69, 9.17) is 10.6 Å². The van der Waals surface area contributed by atoms with Gasteiger partial charge in [-0.1, -0.05) is 30.3 Å². The van der Waals surface area contributed by atoms with E-state index in [0.29, 0.717) is 0 Å². The molecule has 0 spiro atoms. The Balaban J connectivity index is 2.48. The number of hydrogen-bond donors (Lipinski definition) is 1. The third-order valence-electron chi connectivity index (χ3n) is 2.55. The maximum absolute atomic E-state index is 11.4. The molecule has 0 saturated carbocycles. The van der Waals surface area contributed by atoms with Gasteiger partial charge in [-0.3, -0.25) is 4.79 Å². The molecule has 1 aromatic carbocycles. The largest absolute Gasteiger partial charge is 0.350 e. The average Bonchev–Trinajstić information content (AvgIpc) is 2.59. The van der Waals surface area contributed by atoms with Crippen LogP contribution in [0.5, 0.6) is 0 Å². The van der Waals surface area contributed by atoms with E-state index in [1.165, 1.54) is 13.2 Å². The number of hydrogen-bond acceptors (Lipinski definition) is 3. The first-order valence-corrected chi connectivity index (χ1v) is 4.59. The third kappa shape index (κ3) is 1.35. The summed E-state index contributed by atoms with van der Waals surface area (Å²) in [6.45, 7) is 0. The molecule has 0 bridgehead atoms. The molecule has 1 heterocycles. The minimum atomic E-state index is -0.960. The monoisotopic (exact) mass is 204 g/mol. The second-order valence-corrected chi connectivity index (χ2v) is 3.31. The molecule has 1 aromatic rings. The van der Waals surface area contributed by atoms with Crippen LogP contribution in [0, 0.1) is 0 Å². The standard InChI is InChI=1S/C11H12N2O2/c1-15-11(8-7-10(14)13(11)12)9-5-3-2-4-6-9/h2-8H,12H2,1H3.